The number of fused-ring (bicyclic) bond motifs is 1. The van der Waals surface area contributed by atoms with Crippen LogP contribution in [0.15, 0.2) is 24.3 Å². The van der Waals surface area contributed by atoms with Crippen molar-refractivity contribution in [1.82, 2.24) is 20.6 Å². The van der Waals surface area contributed by atoms with E-state index in [1.165, 1.54) is 0 Å². The van der Waals surface area contributed by atoms with Gasteiger partial charge < -0.3 is 20.7 Å². The molecule has 2 aromatic rings. The summed E-state index contributed by atoms with van der Waals surface area (Å²) in [4.78, 5) is 19.8. The molecule has 0 fully saturated rings. The lowest BCUT2D eigenvalue weighted by Gasteiger charge is -2.20. The van der Waals surface area contributed by atoms with E-state index in [1.54, 1.807) is 6.92 Å². The first kappa shape index (κ1) is 16.3. The van der Waals surface area contributed by atoms with Gasteiger partial charge >= 0.3 is 6.03 Å². The molecule has 22 heavy (non-hydrogen) atoms. The van der Waals surface area contributed by atoms with Gasteiger partial charge in [-0.2, -0.15) is 0 Å². The minimum Gasteiger partial charge on any atom is -0.393 e. The van der Waals surface area contributed by atoms with Crippen molar-refractivity contribution in [3.05, 3.63) is 30.1 Å². The maximum Gasteiger partial charge on any atom is 0.315 e. The topological polar surface area (TPSA) is 90.0 Å². The SMILES string of the molecule is CC(O)CCNC(=O)NC(c1nc2ccccc2[nH]1)C(C)C. The fourth-order valence-electron chi connectivity index (χ4n) is 2.26. The lowest BCUT2D eigenvalue weighted by Crippen LogP contribution is -2.41. The number of carbonyl (C=O) groups excluding carboxylic acids is 1. The summed E-state index contributed by atoms with van der Waals surface area (Å²) in [5, 5.41) is 14.9. The van der Waals surface area contributed by atoms with Gasteiger partial charge in [-0.25, -0.2) is 9.78 Å². The quantitative estimate of drug-likeness (QED) is 0.660. The van der Waals surface area contributed by atoms with Gasteiger partial charge in [-0.1, -0.05) is 26.0 Å². The first-order valence-corrected chi connectivity index (χ1v) is 7.64. The van der Waals surface area contributed by atoms with Crippen LogP contribution in [0.3, 0.4) is 0 Å². The van der Waals surface area contributed by atoms with Crippen LogP contribution in [0.2, 0.25) is 0 Å². The third-order valence-corrected chi connectivity index (χ3v) is 3.50. The molecule has 6 nitrogen and oxygen atoms in total. The highest BCUT2D eigenvalue weighted by molar-refractivity contribution is 5.76. The van der Waals surface area contributed by atoms with Crippen molar-refractivity contribution >= 4 is 17.1 Å². The fraction of sp³-hybridized carbons (Fsp3) is 0.500. The number of para-hydroxylation sites is 2. The number of aromatic nitrogens is 2. The Morgan fingerprint density at radius 1 is 1.32 bits per heavy atom. The van der Waals surface area contributed by atoms with Crippen molar-refractivity contribution in [1.29, 1.82) is 0 Å². The highest BCUT2D eigenvalue weighted by Gasteiger charge is 2.21. The number of benzene rings is 1. The number of hydrogen-bond donors (Lipinski definition) is 4. The van der Waals surface area contributed by atoms with Crippen LogP contribution in [0.25, 0.3) is 11.0 Å². The molecule has 0 aliphatic carbocycles. The van der Waals surface area contributed by atoms with Gasteiger partial charge in [0.15, 0.2) is 0 Å². The number of aromatic amines is 1. The molecule has 1 aromatic heterocycles. The number of carbonyl (C=O) groups is 1. The van der Waals surface area contributed by atoms with Gasteiger partial charge in [0, 0.05) is 6.54 Å². The molecule has 2 unspecified atom stereocenters. The Kier molecular flexibility index (Phi) is 5.38. The molecule has 2 amide bonds. The molecule has 0 aliphatic heterocycles. The Morgan fingerprint density at radius 2 is 2.05 bits per heavy atom. The first-order chi connectivity index (χ1) is 10.5. The van der Waals surface area contributed by atoms with Gasteiger partial charge in [-0.15, -0.1) is 0 Å². The Balaban J connectivity index is 2.05. The predicted molar refractivity (Wildman–Crippen MR) is 86.5 cm³/mol. The molecule has 4 N–H and O–H groups in total. The van der Waals surface area contributed by atoms with E-state index in [2.05, 4.69) is 20.6 Å². The summed E-state index contributed by atoms with van der Waals surface area (Å²) in [6.45, 7) is 6.21. The van der Waals surface area contributed by atoms with Crippen molar-refractivity contribution in [2.75, 3.05) is 6.54 Å². The number of imidazole rings is 1. The molecule has 0 radical (unpaired) electrons. The summed E-state index contributed by atoms with van der Waals surface area (Å²) in [5.74, 6) is 0.949. The Bertz CT molecular complexity index is 588. The first-order valence-electron chi connectivity index (χ1n) is 7.64. The van der Waals surface area contributed by atoms with Crippen LogP contribution >= 0.6 is 0 Å². The summed E-state index contributed by atoms with van der Waals surface area (Å²) in [6.07, 6.45) is 0.112. The standard InChI is InChI=1S/C16H24N4O2/c1-10(2)14(20-16(22)17-9-8-11(3)21)15-18-12-6-4-5-7-13(12)19-15/h4-7,10-11,14,21H,8-9H2,1-3H3,(H,18,19)(H2,17,20,22). The van der Waals surface area contributed by atoms with E-state index in [0.717, 1.165) is 16.9 Å². The van der Waals surface area contributed by atoms with Crippen LogP contribution in [0.1, 0.15) is 39.1 Å². The number of H-pyrrole nitrogens is 1. The maximum atomic E-state index is 12.0. The van der Waals surface area contributed by atoms with Crippen LogP contribution in [0.4, 0.5) is 4.79 Å². The van der Waals surface area contributed by atoms with Crippen LogP contribution in [0.5, 0.6) is 0 Å². The highest BCUT2D eigenvalue weighted by Crippen LogP contribution is 2.21. The van der Waals surface area contributed by atoms with Gasteiger partial charge in [0.25, 0.3) is 0 Å². The summed E-state index contributed by atoms with van der Waals surface area (Å²) >= 11 is 0. The third-order valence-electron chi connectivity index (χ3n) is 3.50. The van der Waals surface area contributed by atoms with Crippen LogP contribution < -0.4 is 10.6 Å². The average Bonchev–Trinajstić information content (AvgIpc) is 2.87. The molecular formula is C16H24N4O2. The highest BCUT2D eigenvalue weighted by atomic mass is 16.3. The van der Waals surface area contributed by atoms with Crippen molar-refractivity contribution in [3.63, 3.8) is 0 Å². The van der Waals surface area contributed by atoms with E-state index in [1.807, 2.05) is 38.1 Å². The monoisotopic (exact) mass is 304 g/mol. The molecule has 0 spiro atoms. The number of aliphatic hydroxyl groups excluding tert-OH is 1. The van der Waals surface area contributed by atoms with E-state index < -0.39 is 6.10 Å². The number of amides is 2. The van der Waals surface area contributed by atoms with Gasteiger partial charge in [-0.05, 0) is 31.4 Å². The van der Waals surface area contributed by atoms with E-state index in [0.29, 0.717) is 13.0 Å². The van der Waals surface area contributed by atoms with Crippen LogP contribution in [-0.2, 0) is 0 Å². The second-order valence-electron chi connectivity index (χ2n) is 5.90. The van der Waals surface area contributed by atoms with Gasteiger partial charge in [0.1, 0.15) is 5.82 Å². The van der Waals surface area contributed by atoms with Gasteiger partial charge in [0.2, 0.25) is 0 Å². The van der Waals surface area contributed by atoms with Crippen molar-refractivity contribution < 1.29 is 9.90 Å². The number of rotatable bonds is 6. The zero-order valence-corrected chi connectivity index (χ0v) is 13.3. The Labute approximate surface area is 130 Å². The fourth-order valence-corrected chi connectivity index (χ4v) is 2.26. The predicted octanol–water partition coefficient (Wildman–Crippen LogP) is 2.33. The number of hydrogen-bond acceptors (Lipinski definition) is 3. The largest absolute Gasteiger partial charge is 0.393 e. The normalized spacial score (nSPS) is 14.0. The maximum absolute atomic E-state index is 12.0. The van der Waals surface area contributed by atoms with Crippen molar-refractivity contribution in [2.45, 2.75) is 39.3 Å². The molecule has 1 aromatic carbocycles. The molecule has 0 saturated heterocycles. The zero-order valence-electron chi connectivity index (χ0n) is 13.3. The van der Waals surface area contributed by atoms with Gasteiger partial charge in [-0.3, -0.25) is 0 Å². The molecule has 1 heterocycles. The second-order valence-corrected chi connectivity index (χ2v) is 5.90. The summed E-state index contributed by atoms with van der Waals surface area (Å²) in [7, 11) is 0. The third kappa shape index (κ3) is 4.21. The number of nitrogens with one attached hydrogen (secondary N) is 3. The second kappa shape index (κ2) is 7.26. The van der Waals surface area contributed by atoms with E-state index >= 15 is 0 Å². The molecule has 0 saturated carbocycles. The lowest BCUT2D eigenvalue weighted by atomic mass is 10.0. The lowest BCUT2D eigenvalue weighted by molar-refractivity contribution is 0.182. The van der Waals surface area contributed by atoms with E-state index in [-0.39, 0.29) is 18.0 Å². The summed E-state index contributed by atoms with van der Waals surface area (Å²) < 4.78 is 0. The molecule has 2 rings (SSSR count). The van der Waals surface area contributed by atoms with Crippen LogP contribution in [-0.4, -0.2) is 33.8 Å². The number of nitrogens with zero attached hydrogens (tertiary/aromatic N) is 1. The Hall–Kier alpha value is -2.08. The molecule has 6 heteroatoms. The molecule has 120 valence electrons. The Morgan fingerprint density at radius 3 is 2.68 bits per heavy atom. The minimum absolute atomic E-state index is 0.195. The smallest absolute Gasteiger partial charge is 0.315 e. The minimum atomic E-state index is -0.420. The van der Waals surface area contributed by atoms with Crippen molar-refractivity contribution in [3.8, 4) is 0 Å². The summed E-state index contributed by atoms with van der Waals surface area (Å²) in [6, 6.07) is 7.35. The average molecular weight is 304 g/mol. The van der Waals surface area contributed by atoms with Crippen LogP contribution in [0, 0.1) is 5.92 Å². The molecule has 0 aliphatic rings. The van der Waals surface area contributed by atoms with Gasteiger partial charge in [0.05, 0.1) is 23.2 Å². The molecular weight excluding hydrogens is 280 g/mol. The number of urea groups is 1. The summed E-state index contributed by atoms with van der Waals surface area (Å²) in [5.41, 5.74) is 1.85. The zero-order chi connectivity index (χ0) is 16.1. The van der Waals surface area contributed by atoms with E-state index in [4.69, 9.17) is 0 Å². The molecule has 2 atom stereocenters. The van der Waals surface area contributed by atoms with E-state index in [9.17, 15) is 9.90 Å². The number of aliphatic hydroxyl groups is 1. The van der Waals surface area contributed by atoms with Crippen molar-refractivity contribution in [2.24, 2.45) is 5.92 Å². The molecule has 0 bridgehead atoms.